The Hall–Kier alpha value is -2.10. The molecule has 2 N–H and O–H groups in total. The smallest absolute Gasteiger partial charge is 0.217 e. The predicted molar refractivity (Wildman–Crippen MR) is 61.3 cm³/mol. The average Bonchev–Trinajstić information content (AvgIpc) is 2.69. The summed E-state index contributed by atoms with van der Waals surface area (Å²) in [6.07, 6.45) is 1.68. The first-order valence-electron chi connectivity index (χ1n) is 5.02. The largest absolute Gasteiger partial charge is 0.360 e. The summed E-state index contributed by atoms with van der Waals surface area (Å²) in [5.41, 5.74) is 1.54. The minimum atomic E-state index is -0.201. The van der Waals surface area contributed by atoms with E-state index in [9.17, 15) is 9.59 Å². The van der Waals surface area contributed by atoms with Crippen molar-refractivity contribution >= 4 is 22.6 Å². The molecule has 1 aromatic carbocycles. The summed E-state index contributed by atoms with van der Waals surface area (Å²) in [7, 11) is 0. The van der Waals surface area contributed by atoms with Crippen LogP contribution in [0.15, 0.2) is 30.5 Å². The molecule has 0 spiro atoms. The van der Waals surface area contributed by atoms with E-state index in [1.807, 2.05) is 24.3 Å². The number of Topliss-reactive ketones (excluding diaryl/α,β-unsaturated/α-hetero) is 1. The Bertz CT molecular complexity index is 543. The van der Waals surface area contributed by atoms with E-state index < -0.39 is 0 Å². The van der Waals surface area contributed by atoms with Crippen LogP contribution in [0.3, 0.4) is 0 Å². The van der Waals surface area contributed by atoms with Gasteiger partial charge in [-0.25, -0.2) is 0 Å². The van der Waals surface area contributed by atoms with Crippen molar-refractivity contribution in [3.63, 3.8) is 0 Å². The number of H-pyrrole nitrogens is 1. The minimum absolute atomic E-state index is 0.0389. The van der Waals surface area contributed by atoms with E-state index in [1.165, 1.54) is 6.92 Å². The van der Waals surface area contributed by atoms with Crippen molar-refractivity contribution in [2.24, 2.45) is 0 Å². The highest BCUT2D eigenvalue weighted by Crippen LogP contribution is 2.17. The van der Waals surface area contributed by atoms with Crippen molar-refractivity contribution in [3.05, 3.63) is 36.0 Å². The number of fused-ring (bicyclic) bond motifs is 1. The van der Waals surface area contributed by atoms with Crippen LogP contribution < -0.4 is 5.32 Å². The van der Waals surface area contributed by atoms with Crippen molar-refractivity contribution in [1.82, 2.24) is 10.3 Å². The summed E-state index contributed by atoms with van der Waals surface area (Å²) in [5, 5.41) is 3.38. The van der Waals surface area contributed by atoms with E-state index >= 15 is 0 Å². The first-order valence-corrected chi connectivity index (χ1v) is 5.02. The van der Waals surface area contributed by atoms with Gasteiger partial charge in [-0.15, -0.1) is 0 Å². The maximum atomic E-state index is 11.8. The number of rotatable bonds is 3. The third-order valence-corrected chi connectivity index (χ3v) is 2.39. The molecule has 16 heavy (non-hydrogen) atoms. The Morgan fingerprint density at radius 2 is 2.06 bits per heavy atom. The molecule has 4 nitrogen and oxygen atoms in total. The summed E-state index contributed by atoms with van der Waals surface area (Å²) in [6, 6.07) is 7.57. The lowest BCUT2D eigenvalue weighted by Gasteiger charge is -2.00. The molecule has 2 rings (SSSR count). The molecule has 0 aliphatic heterocycles. The third-order valence-electron chi connectivity index (χ3n) is 2.39. The highest BCUT2D eigenvalue weighted by molar-refractivity contribution is 6.09. The van der Waals surface area contributed by atoms with Crippen LogP contribution in [0.2, 0.25) is 0 Å². The molecule has 1 aromatic heterocycles. The molecule has 1 heterocycles. The van der Waals surface area contributed by atoms with Gasteiger partial charge in [0, 0.05) is 29.6 Å². The van der Waals surface area contributed by atoms with Gasteiger partial charge in [-0.3, -0.25) is 9.59 Å². The van der Waals surface area contributed by atoms with Gasteiger partial charge in [0.1, 0.15) is 0 Å². The van der Waals surface area contributed by atoms with Crippen LogP contribution in [0.4, 0.5) is 0 Å². The minimum Gasteiger partial charge on any atom is -0.360 e. The van der Waals surface area contributed by atoms with Gasteiger partial charge in [-0.1, -0.05) is 18.2 Å². The van der Waals surface area contributed by atoms with Crippen molar-refractivity contribution in [3.8, 4) is 0 Å². The molecule has 0 atom stereocenters. The van der Waals surface area contributed by atoms with Crippen LogP contribution in [0, 0.1) is 0 Å². The fourth-order valence-corrected chi connectivity index (χ4v) is 1.60. The number of aromatic nitrogens is 1. The first kappa shape index (κ1) is 10.4. The quantitative estimate of drug-likeness (QED) is 0.763. The van der Waals surface area contributed by atoms with Gasteiger partial charge in [-0.2, -0.15) is 0 Å². The molecule has 0 saturated heterocycles. The fourth-order valence-electron chi connectivity index (χ4n) is 1.60. The topological polar surface area (TPSA) is 62.0 Å². The monoisotopic (exact) mass is 216 g/mol. The van der Waals surface area contributed by atoms with Crippen molar-refractivity contribution in [2.75, 3.05) is 6.54 Å². The van der Waals surface area contributed by atoms with Crippen LogP contribution in [-0.2, 0) is 4.79 Å². The van der Waals surface area contributed by atoms with Gasteiger partial charge in [0.25, 0.3) is 0 Å². The van der Waals surface area contributed by atoms with Crippen molar-refractivity contribution < 1.29 is 9.59 Å². The molecule has 0 fully saturated rings. The van der Waals surface area contributed by atoms with E-state index in [4.69, 9.17) is 0 Å². The lowest BCUT2D eigenvalue weighted by molar-refractivity contribution is -0.118. The molecule has 1 amide bonds. The van der Waals surface area contributed by atoms with E-state index in [0.29, 0.717) is 5.56 Å². The van der Waals surface area contributed by atoms with Crippen LogP contribution in [0.1, 0.15) is 17.3 Å². The molecule has 0 unspecified atom stereocenters. The number of benzene rings is 1. The normalized spacial score (nSPS) is 10.3. The maximum Gasteiger partial charge on any atom is 0.217 e. The Kier molecular flexibility index (Phi) is 2.72. The standard InChI is InChI=1S/C12H12N2O2/c1-8(15)13-7-12(16)10-6-14-11-5-3-2-4-9(10)11/h2-6,14H,7H2,1H3,(H,13,15). The number of aromatic amines is 1. The summed E-state index contributed by atoms with van der Waals surface area (Å²) in [6.45, 7) is 1.43. The number of carbonyl (C=O) groups is 2. The van der Waals surface area contributed by atoms with E-state index in [1.54, 1.807) is 6.20 Å². The van der Waals surface area contributed by atoms with Gasteiger partial charge in [0.15, 0.2) is 5.78 Å². The van der Waals surface area contributed by atoms with Gasteiger partial charge in [-0.05, 0) is 6.07 Å². The molecule has 4 heteroatoms. The predicted octanol–water partition coefficient (Wildman–Crippen LogP) is 1.49. The Morgan fingerprint density at radius 1 is 1.31 bits per heavy atom. The summed E-state index contributed by atoms with van der Waals surface area (Å²) in [4.78, 5) is 25.5. The number of nitrogens with one attached hydrogen (secondary N) is 2. The molecular weight excluding hydrogens is 204 g/mol. The second-order valence-corrected chi connectivity index (χ2v) is 3.58. The molecule has 0 aliphatic carbocycles. The molecule has 2 aromatic rings. The van der Waals surface area contributed by atoms with Gasteiger partial charge in [0.2, 0.25) is 5.91 Å². The van der Waals surface area contributed by atoms with Crippen molar-refractivity contribution in [2.45, 2.75) is 6.92 Å². The third kappa shape index (κ3) is 1.95. The molecule has 82 valence electrons. The van der Waals surface area contributed by atoms with Gasteiger partial charge >= 0.3 is 0 Å². The zero-order valence-corrected chi connectivity index (χ0v) is 8.91. The fraction of sp³-hybridized carbons (Fsp3) is 0.167. The Balaban J connectivity index is 2.26. The Morgan fingerprint density at radius 3 is 2.81 bits per heavy atom. The van der Waals surface area contributed by atoms with Crippen LogP contribution in [-0.4, -0.2) is 23.2 Å². The zero-order chi connectivity index (χ0) is 11.5. The number of hydrogen-bond donors (Lipinski definition) is 2. The number of carbonyl (C=O) groups excluding carboxylic acids is 2. The highest BCUT2D eigenvalue weighted by atomic mass is 16.2. The molecule has 0 aliphatic rings. The van der Waals surface area contributed by atoms with Crippen LogP contribution in [0.25, 0.3) is 10.9 Å². The lowest BCUT2D eigenvalue weighted by atomic mass is 10.1. The number of hydrogen-bond acceptors (Lipinski definition) is 2. The van der Waals surface area contributed by atoms with E-state index in [-0.39, 0.29) is 18.2 Å². The maximum absolute atomic E-state index is 11.8. The molecule has 0 bridgehead atoms. The van der Waals surface area contributed by atoms with E-state index in [2.05, 4.69) is 10.3 Å². The first-order chi connectivity index (χ1) is 7.68. The number of ketones is 1. The average molecular weight is 216 g/mol. The molecular formula is C12H12N2O2. The van der Waals surface area contributed by atoms with Crippen molar-refractivity contribution in [1.29, 1.82) is 0 Å². The van der Waals surface area contributed by atoms with Gasteiger partial charge < -0.3 is 10.3 Å². The lowest BCUT2D eigenvalue weighted by Crippen LogP contribution is -2.27. The molecule has 0 saturated carbocycles. The summed E-state index contributed by atoms with van der Waals surface area (Å²) in [5.74, 6) is -0.291. The van der Waals surface area contributed by atoms with Gasteiger partial charge in [0.05, 0.1) is 6.54 Å². The second kappa shape index (κ2) is 4.18. The van der Waals surface area contributed by atoms with Crippen LogP contribution in [0.5, 0.6) is 0 Å². The van der Waals surface area contributed by atoms with E-state index in [0.717, 1.165) is 10.9 Å². The highest BCUT2D eigenvalue weighted by Gasteiger charge is 2.11. The molecule has 0 radical (unpaired) electrons. The second-order valence-electron chi connectivity index (χ2n) is 3.58. The summed E-state index contributed by atoms with van der Waals surface area (Å²) >= 11 is 0. The number of amides is 1. The summed E-state index contributed by atoms with van der Waals surface area (Å²) < 4.78 is 0. The SMILES string of the molecule is CC(=O)NCC(=O)c1c[nH]c2ccccc12. The Labute approximate surface area is 92.7 Å². The number of para-hydroxylation sites is 1. The zero-order valence-electron chi connectivity index (χ0n) is 8.91. The van der Waals surface area contributed by atoms with Crippen LogP contribution >= 0.6 is 0 Å².